The van der Waals surface area contributed by atoms with Gasteiger partial charge in [-0.25, -0.2) is 4.98 Å². The summed E-state index contributed by atoms with van der Waals surface area (Å²) in [4.78, 5) is 5.58. The maximum Gasteiger partial charge on any atom is 0.478 e. The standard InChI is InChI=1S/C22H18F3N3OS/c1-14(2)30-18-7-3-15(4-8-18)19-11-26-21-10-6-16(12-27(19)21)17-5-9-20(22(23,24)25)28(29)13-17/h3-14H,1-2H3. The van der Waals surface area contributed by atoms with E-state index < -0.39 is 11.9 Å². The normalized spacial score (nSPS) is 12.1. The molecule has 0 saturated heterocycles. The van der Waals surface area contributed by atoms with Gasteiger partial charge in [0.15, 0.2) is 6.20 Å². The summed E-state index contributed by atoms with van der Waals surface area (Å²) in [5.41, 5.74) is 2.30. The molecule has 0 atom stereocenters. The van der Waals surface area contributed by atoms with Crippen LogP contribution in [0.3, 0.4) is 0 Å². The van der Waals surface area contributed by atoms with E-state index in [1.807, 2.05) is 16.5 Å². The van der Waals surface area contributed by atoms with Crippen molar-refractivity contribution in [3.63, 3.8) is 0 Å². The van der Waals surface area contributed by atoms with Crippen LogP contribution in [0, 0.1) is 5.21 Å². The van der Waals surface area contributed by atoms with Crippen LogP contribution in [0.25, 0.3) is 28.0 Å². The third-order valence-corrected chi connectivity index (χ3v) is 5.58. The smallest absolute Gasteiger partial charge is 0.478 e. The number of halogens is 3. The second-order valence-electron chi connectivity index (χ2n) is 7.11. The molecule has 0 amide bonds. The maximum atomic E-state index is 12.9. The zero-order valence-corrected chi connectivity index (χ0v) is 17.0. The zero-order valence-electron chi connectivity index (χ0n) is 16.2. The van der Waals surface area contributed by atoms with E-state index in [9.17, 15) is 18.4 Å². The number of thioether (sulfide) groups is 1. The van der Waals surface area contributed by atoms with Crippen molar-refractivity contribution >= 4 is 17.4 Å². The van der Waals surface area contributed by atoms with Gasteiger partial charge in [-0.1, -0.05) is 26.0 Å². The summed E-state index contributed by atoms with van der Waals surface area (Å²) < 4.78 is 40.3. The summed E-state index contributed by atoms with van der Waals surface area (Å²) in [6, 6.07) is 13.7. The monoisotopic (exact) mass is 429 g/mol. The number of hydrogen-bond donors (Lipinski definition) is 0. The van der Waals surface area contributed by atoms with Crippen LogP contribution >= 0.6 is 11.8 Å². The third-order valence-electron chi connectivity index (χ3n) is 4.57. The molecule has 0 saturated carbocycles. The predicted octanol–water partition coefficient (Wildman–Crippen LogP) is 5.82. The molecule has 0 unspecified atom stereocenters. The molecule has 4 rings (SSSR count). The van der Waals surface area contributed by atoms with Gasteiger partial charge < -0.3 is 5.21 Å². The van der Waals surface area contributed by atoms with Crippen LogP contribution < -0.4 is 4.73 Å². The topological polar surface area (TPSA) is 44.2 Å². The van der Waals surface area contributed by atoms with Gasteiger partial charge in [-0.3, -0.25) is 4.40 Å². The zero-order chi connectivity index (χ0) is 21.5. The van der Waals surface area contributed by atoms with Crippen molar-refractivity contribution in [2.75, 3.05) is 0 Å². The molecule has 0 aliphatic rings. The molecule has 0 bridgehead atoms. The lowest BCUT2D eigenvalue weighted by Crippen LogP contribution is -2.36. The molecular formula is C22H18F3N3OS. The average molecular weight is 429 g/mol. The van der Waals surface area contributed by atoms with Crippen molar-refractivity contribution in [1.29, 1.82) is 0 Å². The Morgan fingerprint density at radius 3 is 2.27 bits per heavy atom. The van der Waals surface area contributed by atoms with Gasteiger partial charge in [0.25, 0.3) is 5.69 Å². The van der Waals surface area contributed by atoms with Crippen molar-refractivity contribution in [2.24, 2.45) is 0 Å². The first-order valence-electron chi connectivity index (χ1n) is 9.27. The Morgan fingerprint density at radius 1 is 0.967 bits per heavy atom. The molecule has 30 heavy (non-hydrogen) atoms. The number of benzene rings is 1. The third kappa shape index (κ3) is 4.00. The van der Waals surface area contributed by atoms with E-state index in [0.29, 0.717) is 22.0 Å². The molecule has 1 aromatic carbocycles. The average Bonchev–Trinajstić information content (AvgIpc) is 3.10. The minimum atomic E-state index is -4.69. The SMILES string of the molecule is CC(C)Sc1ccc(-c2cnc3ccc(-c4ccc(C(F)(F)F)[n+]([O-])c4)cn23)cc1. The van der Waals surface area contributed by atoms with Gasteiger partial charge in [-0.05, 0) is 30.3 Å². The van der Waals surface area contributed by atoms with E-state index >= 15 is 0 Å². The van der Waals surface area contributed by atoms with E-state index in [2.05, 4.69) is 31.0 Å². The Morgan fingerprint density at radius 2 is 1.63 bits per heavy atom. The molecular weight excluding hydrogens is 411 g/mol. The number of alkyl halides is 3. The molecule has 3 aromatic heterocycles. The minimum Gasteiger partial charge on any atom is -0.618 e. The van der Waals surface area contributed by atoms with Gasteiger partial charge in [-0.15, -0.1) is 11.8 Å². The summed E-state index contributed by atoms with van der Waals surface area (Å²) in [5, 5.41) is 12.3. The van der Waals surface area contributed by atoms with Gasteiger partial charge in [0.2, 0.25) is 0 Å². The van der Waals surface area contributed by atoms with Crippen LogP contribution in [0.2, 0.25) is 0 Å². The van der Waals surface area contributed by atoms with Crippen LogP contribution in [-0.4, -0.2) is 14.6 Å². The first-order valence-corrected chi connectivity index (χ1v) is 10.2. The van der Waals surface area contributed by atoms with Gasteiger partial charge in [0, 0.05) is 39.1 Å². The largest absolute Gasteiger partial charge is 0.618 e. The van der Waals surface area contributed by atoms with E-state index in [4.69, 9.17) is 0 Å². The first-order chi connectivity index (χ1) is 14.2. The molecule has 4 nitrogen and oxygen atoms in total. The van der Waals surface area contributed by atoms with Crippen molar-refractivity contribution in [1.82, 2.24) is 9.38 Å². The van der Waals surface area contributed by atoms with Crippen LogP contribution in [-0.2, 0) is 6.18 Å². The predicted molar refractivity (Wildman–Crippen MR) is 111 cm³/mol. The number of imidazole rings is 1. The van der Waals surface area contributed by atoms with Crippen LogP contribution in [0.4, 0.5) is 13.2 Å². The molecule has 8 heteroatoms. The molecule has 0 aliphatic heterocycles. The lowest BCUT2D eigenvalue weighted by Gasteiger charge is -2.10. The molecule has 3 heterocycles. The van der Waals surface area contributed by atoms with E-state index in [1.165, 1.54) is 11.0 Å². The number of pyridine rings is 2. The quantitative estimate of drug-likeness (QED) is 0.233. The van der Waals surface area contributed by atoms with E-state index in [1.54, 1.807) is 36.3 Å². The van der Waals surface area contributed by atoms with Crippen molar-refractivity contribution < 1.29 is 17.9 Å². The highest BCUT2D eigenvalue weighted by molar-refractivity contribution is 7.99. The van der Waals surface area contributed by atoms with Gasteiger partial charge >= 0.3 is 6.18 Å². The summed E-state index contributed by atoms with van der Waals surface area (Å²) in [5.74, 6) is 0. The van der Waals surface area contributed by atoms with Crippen molar-refractivity contribution in [3.8, 4) is 22.4 Å². The lowest BCUT2D eigenvalue weighted by molar-refractivity contribution is -0.628. The molecule has 154 valence electrons. The Labute approximate surface area is 175 Å². The fourth-order valence-electron chi connectivity index (χ4n) is 3.21. The van der Waals surface area contributed by atoms with Crippen molar-refractivity contribution in [3.05, 3.63) is 78.0 Å². The molecule has 4 aromatic rings. The molecule has 0 N–H and O–H groups in total. The Bertz CT molecular complexity index is 1200. The van der Waals surface area contributed by atoms with E-state index in [0.717, 1.165) is 23.5 Å². The van der Waals surface area contributed by atoms with Crippen LogP contribution in [0.1, 0.15) is 19.5 Å². The Balaban J connectivity index is 1.72. The lowest BCUT2D eigenvalue weighted by atomic mass is 10.1. The Kier molecular flexibility index (Phi) is 5.19. The molecule has 0 fully saturated rings. The second kappa shape index (κ2) is 7.68. The number of fused-ring (bicyclic) bond motifs is 1. The minimum absolute atomic E-state index is 0.139. The van der Waals surface area contributed by atoms with Crippen LogP contribution in [0.5, 0.6) is 0 Å². The number of aromatic nitrogens is 3. The summed E-state index contributed by atoms with van der Waals surface area (Å²) in [6.07, 6.45) is -0.221. The fourth-order valence-corrected chi connectivity index (χ4v) is 4.05. The Hall–Kier alpha value is -3.00. The fraction of sp³-hybridized carbons (Fsp3) is 0.182. The summed E-state index contributed by atoms with van der Waals surface area (Å²) >= 11 is 1.78. The molecule has 0 aliphatic carbocycles. The van der Waals surface area contributed by atoms with Gasteiger partial charge in [0.05, 0.1) is 11.9 Å². The van der Waals surface area contributed by atoms with Crippen molar-refractivity contribution in [2.45, 2.75) is 30.2 Å². The second-order valence-corrected chi connectivity index (χ2v) is 8.76. The van der Waals surface area contributed by atoms with Gasteiger partial charge in [0.1, 0.15) is 5.65 Å². The summed E-state index contributed by atoms with van der Waals surface area (Å²) in [7, 11) is 0. The highest BCUT2D eigenvalue weighted by atomic mass is 32.2. The maximum absolute atomic E-state index is 12.9. The molecule has 0 radical (unpaired) electrons. The number of nitrogens with zero attached hydrogens (tertiary/aromatic N) is 3. The van der Waals surface area contributed by atoms with Crippen LogP contribution in [0.15, 0.2) is 72.0 Å². The van der Waals surface area contributed by atoms with Gasteiger partial charge in [-0.2, -0.15) is 17.9 Å². The van der Waals surface area contributed by atoms with E-state index in [-0.39, 0.29) is 4.73 Å². The molecule has 0 spiro atoms. The summed E-state index contributed by atoms with van der Waals surface area (Å²) in [6.45, 7) is 4.27. The first kappa shape index (κ1) is 20.3. The number of rotatable bonds is 4. The highest BCUT2D eigenvalue weighted by Gasteiger charge is 2.39. The number of hydrogen-bond acceptors (Lipinski definition) is 3. The highest BCUT2D eigenvalue weighted by Crippen LogP contribution is 2.30.